The van der Waals surface area contributed by atoms with E-state index in [-0.39, 0.29) is 0 Å². The van der Waals surface area contributed by atoms with Crippen LogP contribution < -0.4 is 15.2 Å². The van der Waals surface area contributed by atoms with Crippen LogP contribution in [0.4, 0.5) is 0 Å². The molecular weight excluding hydrogens is 228 g/mol. The molecule has 0 aliphatic rings. The fourth-order valence-electron chi connectivity index (χ4n) is 1.78. The molecule has 4 nitrogen and oxygen atoms in total. The molecule has 0 spiro atoms. The third-order valence-electron chi connectivity index (χ3n) is 2.98. The van der Waals surface area contributed by atoms with Crippen molar-refractivity contribution in [3.8, 4) is 11.5 Å². The molecule has 1 aromatic carbocycles. The highest BCUT2D eigenvalue weighted by Crippen LogP contribution is 2.22. The summed E-state index contributed by atoms with van der Waals surface area (Å²) in [6.45, 7) is 8.51. The summed E-state index contributed by atoms with van der Waals surface area (Å²) < 4.78 is 11.0. The van der Waals surface area contributed by atoms with Crippen LogP contribution in [0.15, 0.2) is 18.2 Å². The van der Waals surface area contributed by atoms with E-state index in [4.69, 9.17) is 15.2 Å². The van der Waals surface area contributed by atoms with Gasteiger partial charge in [-0.1, -0.05) is 13.8 Å². The van der Waals surface area contributed by atoms with Gasteiger partial charge in [-0.25, -0.2) is 0 Å². The average Bonchev–Trinajstić information content (AvgIpc) is 2.43. The van der Waals surface area contributed by atoms with Gasteiger partial charge in [-0.15, -0.1) is 0 Å². The van der Waals surface area contributed by atoms with Crippen molar-refractivity contribution in [2.75, 3.05) is 33.4 Å². The van der Waals surface area contributed by atoms with Gasteiger partial charge in [0.05, 0.1) is 7.11 Å². The minimum absolute atomic E-state index is 0.490. The first kappa shape index (κ1) is 14.8. The fourth-order valence-corrected chi connectivity index (χ4v) is 1.78. The van der Waals surface area contributed by atoms with Crippen LogP contribution in [0.2, 0.25) is 0 Å². The van der Waals surface area contributed by atoms with Crippen molar-refractivity contribution in [3.63, 3.8) is 0 Å². The lowest BCUT2D eigenvalue weighted by Crippen LogP contribution is -2.27. The summed E-state index contributed by atoms with van der Waals surface area (Å²) in [5.74, 6) is 1.61. The zero-order chi connectivity index (χ0) is 13.4. The van der Waals surface area contributed by atoms with Gasteiger partial charge in [-0.3, -0.25) is 0 Å². The van der Waals surface area contributed by atoms with Crippen LogP contribution in [0.5, 0.6) is 11.5 Å². The van der Waals surface area contributed by atoms with E-state index in [1.807, 2.05) is 18.2 Å². The Morgan fingerprint density at radius 3 is 2.33 bits per heavy atom. The first-order chi connectivity index (χ1) is 8.73. The van der Waals surface area contributed by atoms with E-state index >= 15 is 0 Å². The molecule has 4 heteroatoms. The number of nitrogens with two attached hydrogens (primary N) is 1. The highest BCUT2D eigenvalue weighted by Gasteiger charge is 2.03. The molecule has 0 radical (unpaired) electrons. The van der Waals surface area contributed by atoms with E-state index in [9.17, 15) is 0 Å². The Hall–Kier alpha value is -1.26. The molecule has 0 fully saturated rings. The number of ether oxygens (including phenoxy) is 2. The zero-order valence-corrected chi connectivity index (χ0v) is 11.6. The average molecular weight is 252 g/mol. The standard InChI is InChI=1S/C14H24N2O2/c1-4-16(5-2)6-7-18-14-9-12(11-15)8-13(10-14)17-3/h8-10H,4-7,11,15H2,1-3H3. The molecule has 0 heterocycles. The Bertz CT molecular complexity index is 329. The number of nitrogens with zero attached hydrogens (tertiary/aromatic N) is 1. The molecule has 0 saturated carbocycles. The zero-order valence-electron chi connectivity index (χ0n) is 11.6. The summed E-state index contributed by atoms with van der Waals surface area (Å²) in [4.78, 5) is 2.32. The van der Waals surface area contributed by atoms with Crippen LogP contribution >= 0.6 is 0 Å². The minimum Gasteiger partial charge on any atom is -0.497 e. The topological polar surface area (TPSA) is 47.7 Å². The lowest BCUT2D eigenvalue weighted by atomic mass is 10.2. The molecule has 0 atom stereocenters. The second-order valence-corrected chi connectivity index (χ2v) is 4.10. The maximum absolute atomic E-state index is 5.75. The molecule has 102 valence electrons. The van der Waals surface area contributed by atoms with Gasteiger partial charge in [0.25, 0.3) is 0 Å². The molecule has 0 bridgehead atoms. The Labute approximate surface area is 110 Å². The number of rotatable bonds is 8. The van der Waals surface area contributed by atoms with Gasteiger partial charge >= 0.3 is 0 Å². The molecule has 2 N–H and O–H groups in total. The van der Waals surface area contributed by atoms with Crippen molar-refractivity contribution in [2.45, 2.75) is 20.4 Å². The van der Waals surface area contributed by atoms with Gasteiger partial charge in [0.2, 0.25) is 0 Å². The smallest absolute Gasteiger partial charge is 0.123 e. The van der Waals surface area contributed by atoms with Gasteiger partial charge in [-0.05, 0) is 30.8 Å². The predicted octanol–water partition coefficient (Wildman–Crippen LogP) is 1.87. The minimum atomic E-state index is 0.490. The summed E-state index contributed by atoms with van der Waals surface area (Å²) in [7, 11) is 1.65. The summed E-state index contributed by atoms with van der Waals surface area (Å²) in [6, 6.07) is 5.78. The van der Waals surface area contributed by atoms with Gasteiger partial charge in [0, 0.05) is 19.2 Å². The normalized spacial score (nSPS) is 10.7. The van der Waals surface area contributed by atoms with Gasteiger partial charge in [0.1, 0.15) is 18.1 Å². The molecule has 0 aromatic heterocycles. The van der Waals surface area contributed by atoms with Crippen LogP contribution in [0, 0.1) is 0 Å². The molecule has 0 aliphatic heterocycles. The Morgan fingerprint density at radius 2 is 1.78 bits per heavy atom. The molecule has 0 aliphatic carbocycles. The van der Waals surface area contributed by atoms with Crippen molar-refractivity contribution >= 4 is 0 Å². The van der Waals surface area contributed by atoms with E-state index in [0.717, 1.165) is 36.7 Å². The van der Waals surface area contributed by atoms with Crippen molar-refractivity contribution in [2.24, 2.45) is 5.73 Å². The van der Waals surface area contributed by atoms with Gasteiger partial charge < -0.3 is 20.1 Å². The maximum Gasteiger partial charge on any atom is 0.123 e. The van der Waals surface area contributed by atoms with E-state index in [2.05, 4.69) is 18.7 Å². The maximum atomic E-state index is 5.75. The summed E-state index contributed by atoms with van der Waals surface area (Å²) >= 11 is 0. The second kappa shape index (κ2) is 7.95. The van der Waals surface area contributed by atoms with Crippen molar-refractivity contribution in [1.82, 2.24) is 4.90 Å². The lowest BCUT2D eigenvalue weighted by molar-refractivity contribution is 0.222. The predicted molar refractivity (Wildman–Crippen MR) is 74.2 cm³/mol. The highest BCUT2D eigenvalue weighted by molar-refractivity contribution is 5.38. The fraction of sp³-hybridized carbons (Fsp3) is 0.571. The van der Waals surface area contributed by atoms with Crippen molar-refractivity contribution < 1.29 is 9.47 Å². The summed E-state index contributed by atoms with van der Waals surface area (Å²) in [6.07, 6.45) is 0. The molecule has 0 unspecified atom stereocenters. The van der Waals surface area contributed by atoms with E-state index < -0.39 is 0 Å². The van der Waals surface area contributed by atoms with Crippen LogP contribution in [0.25, 0.3) is 0 Å². The molecular formula is C14H24N2O2. The summed E-state index contributed by atoms with van der Waals surface area (Å²) in [5, 5.41) is 0. The van der Waals surface area contributed by atoms with Crippen LogP contribution in [-0.2, 0) is 6.54 Å². The van der Waals surface area contributed by atoms with E-state index in [1.165, 1.54) is 0 Å². The van der Waals surface area contributed by atoms with Crippen molar-refractivity contribution in [3.05, 3.63) is 23.8 Å². The van der Waals surface area contributed by atoms with Crippen LogP contribution in [0.1, 0.15) is 19.4 Å². The number of hydrogen-bond donors (Lipinski definition) is 1. The molecule has 18 heavy (non-hydrogen) atoms. The monoisotopic (exact) mass is 252 g/mol. The summed E-state index contributed by atoms with van der Waals surface area (Å²) in [5.41, 5.74) is 6.66. The largest absolute Gasteiger partial charge is 0.497 e. The Morgan fingerprint density at radius 1 is 1.11 bits per heavy atom. The first-order valence-corrected chi connectivity index (χ1v) is 6.46. The van der Waals surface area contributed by atoms with Crippen LogP contribution in [-0.4, -0.2) is 38.3 Å². The number of benzene rings is 1. The Kier molecular flexibility index (Phi) is 6.54. The molecule has 0 saturated heterocycles. The molecule has 1 aromatic rings. The lowest BCUT2D eigenvalue weighted by Gasteiger charge is -2.18. The quantitative estimate of drug-likeness (QED) is 0.767. The number of methoxy groups -OCH3 is 1. The second-order valence-electron chi connectivity index (χ2n) is 4.10. The van der Waals surface area contributed by atoms with E-state index in [1.54, 1.807) is 7.11 Å². The Balaban J connectivity index is 2.55. The highest BCUT2D eigenvalue weighted by atomic mass is 16.5. The third kappa shape index (κ3) is 4.55. The first-order valence-electron chi connectivity index (χ1n) is 6.46. The van der Waals surface area contributed by atoms with Crippen molar-refractivity contribution in [1.29, 1.82) is 0 Å². The molecule has 0 amide bonds. The van der Waals surface area contributed by atoms with Crippen LogP contribution in [0.3, 0.4) is 0 Å². The number of likely N-dealkylation sites (N-methyl/N-ethyl adjacent to an activating group) is 1. The van der Waals surface area contributed by atoms with E-state index in [0.29, 0.717) is 13.2 Å². The van der Waals surface area contributed by atoms with Gasteiger partial charge in [-0.2, -0.15) is 0 Å². The SMILES string of the molecule is CCN(CC)CCOc1cc(CN)cc(OC)c1. The molecule has 1 rings (SSSR count). The number of hydrogen-bond acceptors (Lipinski definition) is 4. The third-order valence-corrected chi connectivity index (χ3v) is 2.98. The van der Waals surface area contributed by atoms with Gasteiger partial charge in [0.15, 0.2) is 0 Å².